The summed E-state index contributed by atoms with van der Waals surface area (Å²) in [5.41, 5.74) is 2.09. The third-order valence-corrected chi connectivity index (χ3v) is 6.47. The van der Waals surface area contributed by atoms with Gasteiger partial charge in [0.15, 0.2) is 5.43 Å². The first-order valence-electron chi connectivity index (χ1n) is 10.5. The first-order chi connectivity index (χ1) is 14.5. The second-order valence-corrected chi connectivity index (χ2v) is 8.43. The summed E-state index contributed by atoms with van der Waals surface area (Å²) in [6.07, 6.45) is 7.61. The molecular weight excluding hydrogens is 406 g/mol. The third kappa shape index (κ3) is 3.86. The number of aromatic nitrogens is 1. The lowest BCUT2D eigenvalue weighted by atomic mass is 9.80. The summed E-state index contributed by atoms with van der Waals surface area (Å²) in [4.78, 5) is 24.0. The number of benzene rings is 1. The van der Waals surface area contributed by atoms with Crippen molar-refractivity contribution in [1.82, 2.24) is 4.57 Å². The van der Waals surface area contributed by atoms with Crippen LogP contribution in [0.25, 0.3) is 11.3 Å². The number of aromatic carboxylic acids is 1. The highest BCUT2D eigenvalue weighted by molar-refractivity contribution is 6.32. The number of ether oxygens (including phenoxy) is 2. The van der Waals surface area contributed by atoms with E-state index in [4.69, 9.17) is 21.1 Å². The highest BCUT2D eigenvalue weighted by Gasteiger charge is 2.35. The van der Waals surface area contributed by atoms with E-state index in [1.807, 2.05) is 16.7 Å². The Bertz CT molecular complexity index is 1020. The van der Waals surface area contributed by atoms with Gasteiger partial charge < -0.3 is 19.1 Å². The van der Waals surface area contributed by atoms with Crippen molar-refractivity contribution in [3.63, 3.8) is 0 Å². The van der Waals surface area contributed by atoms with Gasteiger partial charge in [-0.3, -0.25) is 4.79 Å². The molecule has 160 valence electrons. The lowest BCUT2D eigenvalue weighted by molar-refractivity contribution is 0.0694. The number of hydrogen-bond donors (Lipinski definition) is 1. The normalized spacial score (nSPS) is 19.9. The van der Waals surface area contributed by atoms with Crippen molar-refractivity contribution in [2.45, 2.75) is 50.5 Å². The van der Waals surface area contributed by atoms with E-state index in [9.17, 15) is 14.7 Å². The molecule has 6 nitrogen and oxygen atoms in total. The maximum atomic E-state index is 12.5. The predicted molar refractivity (Wildman–Crippen MR) is 115 cm³/mol. The summed E-state index contributed by atoms with van der Waals surface area (Å²) in [6.45, 7) is 1.13. The second kappa shape index (κ2) is 8.82. The number of methoxy groups -OCH3 is 1. The molecule has 0 amide bonds. The molecule has 0 radical (unpaired) electrons. The Morgan fingerprint density at radius 1 is 1.20 bits per heavy atom. The van der Waals surface area contributed by atoms with Crippen LogP contribution in [-0.4, -0.2) is 36.0 Å². The quantitative estimate of drug-likeness (QED) is 0.659. The maximum absolute atomic E-state index is 12.5. The molecule has 0 unspecified atom stereocenters. The molecule has 1 aliphatic heterocycles. The van der Waals surface area contributed by atoms with Gasteiger partial charge in [0, 0.05) is 49.9 Å². The van der Waals surface area contributed by atoms with Crippen molar-refractivity contribution in [2.75, 3.05) is 20.3 Å². The zero-order valence-corrected chi connectivity index (χ0v) is 17.8. The molecule has 1 N–H and O–H groups in total. The highest BCUT2D eigenvalue weighted by Crippen LogP contribution is 2.50. The Morgan fingerprint density at radius 2 is 2.00 bits per heavy atom. The smallest absolute Gasteiger partial charge is 0.341 e. The number of carboxylic acid groups (broad SMARTS) is 1. The van der Waals surface area contributed by atoms with Crippen molar-refractivity contribution in [1.29, 1.82) is 0 Å². The number of halogens is 1. The minimum Gasteiger partial charge on any atom is -0.492 e. The zero-order chi connectivity index (χ0) is 21.3. The second-order valence-electron chi connectivity index (χ2n) is 8.03. The van der Waals surface area contributed by atoms with Gasteiger partial charge in [-0.2, -0.15) is 0 Å². The van der Waals surface area contributed by atoms with Crippen molar-refractivity contribution >= 4 is 17.6 Å². The van der Waals surface area contributed by atoms with Gasteiger partial charge in [0.1, 0.15) is 11.3 Å². The van der Waals surface area contributed by atoms with Crippen LogP contribution in [0, 0.1) is 0 Å². The van der Waals surface area contributed by atoms with Crippen molar-refractivity contribution in [2.24, 2.45) is 0 Å². The third-order valence-electron chi connectivity index (χ3n) is 6.18. The molecule has 30 heavy (non-hydrogen) atoms. The Balaban J connectivity index is 1.83. The van der Waals surface area contributed by atoms with Gasteiger partial charge in [0.25, 0.3) is 0 Å². The molecule has 2 aromatic rings. The monoisotopic (exact) mass is 431 g/mol. The molecule has 2 atom stereocenters. The van der Waals surface area contributed by atoms with Crippen LogP contribution in [0.2, 0.25) is 5.02 Å². The SMILES string of the molecule is COCCCOc1cc2c(cc1Cl)-c1cc(=O)c(C(=O)O)cn1[C@H]1CCCCC[C@H]21. The Hall–Kier alpha value is -2.31. The summed E-state index contributed by atoms with van der Waals surface area (Å²) < 4.78 is 13.0. The molecule has 0 bridgehead atoms. The zero-order valence-electron chi connectivity index (χ0n) is 17.0. The largest absolute Gasteiger partial charge is 0.492 e. The van der Waals surface area contributed by atoms with Crippen molar-refractivity contribution in [3.8, 4) is 17.0 Å². The van der Waals surface area contributed by atoms with Crippen LogP contribution >= 0.6 is 11.6 Å². The van der Waals surface area contributed by atoms with E-state index in [1.54, 1.807) is 7.11 Å². The fraction of sp³-hybridized carbons (Fsp3) is 0.478. The summed E-state index contributed by atoms with van der Waals surface area (Å²) in [5, 5.41) is 9.94. The number of pyridine rings is 1. The molecule has 1 aliphatic carbocycles. The van der Waals surface area contributed by atoms with E-state index in [0.717, 1.165) is 55.3 Å². The number of nitrogens with zero attached hydrogens (tertiary/aromatic N) is 1. The molecule has 1 aromatic carbocycles. The van der Waals surface area contributed by atoms with Gasteiger partial charge in [0.05, 0.1) is 17.3 Å². The van der Waals surface area contributed by atoms with Crippen LogP contribution in [0.15, 0.2) is 29.2 Å². The van der Waals surface area contributed by atoms with E-state index in [-0.39, 0.29) is 17.5 Å². The fourth-order valence-electron chi connectivity index (χ4n) is 4.78. The summed E-state index contributed by atoms with van der Waals surface area (Å²) in [6, 6.07) is 5.44. The molecule has 7 heteroatoms. The number of carbonyl (C=O) groups is 1. The molecule has 4 rings (SSSR count). The maximum Gasteiger partial charge on any atom is 0.341 e. The van der Waals surface area contributed by atoms with Crippen molar-refractivity contribution in [3.05, 3.63) is 50.8 Å². The molecule has 1 fully saturated rings. The molecule has 1 aromatic heterocycles. The van der Waals surface area contributed by atoms with Gasteiger partial charge in [0.2, 0.25) is 0 Å². The van der Waals surface area contributed by atoms with Crippen LogP contribution in [0.3, 0.4) is 0 Å². The lowest BCUT2D eigenvalue weighted by Gasteiger charge is -2.37. The predicted octanol–water partition coefficient (Wildman–Crippen LogP) is 4.88. The summed E-state index contributed by atoms with van der Waals surface area (Å²) in [5.74, 6) is -0.311. The molecule has 0 spiro atoms. The highest BCUT2D eigenvalue weighted by atomic mass is 35.5. The fourth-order valence-corrected chi connectivity index (χ4v) is 5.00. The topological polar surface area (TPSA) is 77.8 Å². The Kier molecular flexibility index (Phi) is 6.16. The van der Waals surface area contributed by atoms with Crippen LogP contribution in [0.1, 0.15) is 66.4 Å². The number of hydrogen-bond acceptors (Lipinski definition) is 4. The number of carboxylic acids is 1. The molecule has 1 saturated carbocycles. The average Bonchev–Trinajstić information content (AvgIpc) is 2.97. The van der Waals surface area contributed by atoms with Gasteiger partial charge >= 0.3 is 5.97 Å². The lowest BCUT2D eigenvalue weighted by Crippen LogP contribution is -2.28. The Labute approximate surface area is 180 Å². The molecule has 2 aliphatic rings. The standard InChI is InChI=1S/C23H26ClNO5/c1-29-8-5-9-30-22-11-15-14-6-3-2-4-7-19(14)25-13-17(23(27)28)21(26)12-20(25)16(15)10-18(22)24/h10-14,19H,2-9H2,1H3,(H,27,28)/t14-,19+/m1/s1. The van der Waals surface area contributed by atoms with E-state index < -0.39 is 11.4 Å². The number of rotatable bonds is 6. The van der Waals surface area contributed by atoms with Crippen LogP contribution in [0.4, 0.5) is 0 Å². The van der Waals surface area contributed by atoms with Crippen molar-refractivity contribution < 1.29 is 19.4 Å². The summed E-state index contributed by atoms with van der Waals surface area (Å²) in [7, 11) is 1.66. The van der Waals surface area contributed by atoms with E-state index in [1.165, 1.54) is 12.3 Å². The molecule has 0 saturated heterocycles. The van der Waals surface area contributed by atoms with Gasteiger partial charge in [-0.1, -0.05) is 30.9 Å². The summed E-state index contributed by atoms with van der Waals surface area (Å²) >= 11 is 6.53. The van der Waals surface area contributed by atoms with E-state index >= 15 is 0 Å². The van der Waals surface area contributed by atoms with Crippen LogP contribution < -0.4 is 10.2 Å². The van der Waals surface area contributed by atoms with E-state index in [2.05, 4.69) is 0 Å². The minimum atomic E-state index is -1.19. The first kappa shape index (κ1) is 20.9. The first-order valence-corrected chi connectivity index (χ1v) is 10.8. The van der Waals surface area contributed by atoms with Crippen LogP contribution in [0.5, 0.6) is 5.75 Å². The number of fused-ring (bicyclic) bond motifs is 6. The average molecular weight is 432 g/mol. The van der Waals surface area contributed by atoms with Gasteiger partial charge in [-0.05, 0) is 30.5 Å². The minimum absolute atomic E-state index is 0.121. The van der Waals surface area contributed by atoms with Gasteiger partial charge in [-0.15, -0.1) is 0 Å². The molecule has 2 heterocycles. The Morgan fingerprint density at radius 3 is 2.77 bits per heavy atom. The molecular formula is C23H26ClNO5. The van der Waals surface area contributed by atoms with Crippen LogP contribution in [-0.2, 0) is 4.74 Å². The van der Waals surface area contributed by atoms with Gasteiger partial charge in [-0.25, -0.2) is 4.79 Å². The van der Waals surface area contributed by atoms with E-state index in [0.29, 0.717) is 24.0 Å².